The van der Waals surface area contributed by atoms with Gasteiger partial charge in [0.15, 0.2) is 11.5 Å². The molecule has 0 aliphatic heterocycles. The number of methoxy groups -OCH3 is 2. The summed E-state index contributed by atoms with van der Waals surface area (Å²) in [6.07, 6.45) is 4.46. The summed E-state index contributed by atoms with van der Waals surface area (Å²) in [5.74, 6) is 0.722. The third-order valence-corrected chi connectivity index (χ3v) is 3.62. The predicted molar refractivity (Wildman–Crippen MR) is 91.7 cm³/mol. The van der Waals surface area contributed by atoms with Crippen LogP contribution in [0.5, 0.6) is 11.5 Å². The number of H-pyrrole nitrogens is 1. The first-order valence-corrected chi connectivity index (χ1v) is 7.29. The number of ether oxygens (including phenoxy) is 2. The maximum atomic E-state index is 11.8. The topological polar surface area (TPSA) is 93.3 Å². The van der Waals surface area contributed by atoms with Gasteiger partial charge < -0.3 is 19.8 Å². The van der Waals surface area contributed by atoms with Gasteiger partial charge in [0.25, 0.3) is 11.5 Å². The van der Waals surface area contributed by atoms with Crippen LogP contribution in [0.25, 0.3) is 12.2 Å². The van der Waals surface area contributed by atoms with Crippen molar-refractivity contribution in [2.75, 3.05) is 21.3 Å². The van der Waals surface area contributed by atoms with Gasteiger partial charge in [-0.3, -0.25) is 9.59 Å². The van der Waals surface area contributed by atoms with E-state index in [1.807, 2.05) is 0 Å². The van der Waals surface area contributed by atoms with Crippen LogP contribution in [0.2, 0.25) is 5.02 Å². The monoisotopic (exact) mass is 349 g/mol. The van der Waals surface area contributed by atoms with E-state index >= 15 is 0 Å². The molecule has 0 fully saturated rings. The van der Waals surface area contributed by atoms with Gasteiger partial charge in [0, 0.05) is 13.2 Å². The van der Waals surface area contributed by atoms with E-state index in [4.69, 9.17) is 21.1 Å². The highest BCUT2D eigenvalue weighted by molar-refractivity contribution is 6.34. The molecule has 8 heteroatoms. The minimum atomic E-state index is -0.526. The largest absolute Gasteiger partial charge is 0.493 e. The Hall–Kier alpha value is -2.80. The van der Waals surface area contributed by atoms with E-state index in [9.17, 15) is 9.59 Å². The molecule has 0 radical (unpaired) electrons. The maximum Gasteiger partial charge on any atom is 0.263 e. The molecule has 1 amide bonds. The summed E-state index contributed by atoms with van der Waals surface area (Å²) in [4.78, 5) is 29.9. The molecule has 0 aliphatic carbocycles. The summed E-state index contributed by atoms with van der Waals surface area (Å²) in [7, 11) is 4.45. The van der Waals surface area contributed by atoms with Crippen LogP contribution in [0.15, 0.2) is 23.1 Å². The zero-order valence-corrected chi connectivity index (χ0v) is 14.1. The molecule has 0 spiro atoms. The number of benzene rings is 1. The number of rotatable bonds is 5. The molecule has 0 unspecified atom stereocenters. The summed E-state index contributed by atoms with van der Waals surface area (Å²) >= 11 is 6.27. The average Bonchev–Trinajstić information content (AvgIpc) is 2.59. The Labute approximate surface area is 143 Å². The van der Waals surface area contributed by atoms with Crippen molar-refractivity contribution in [3.8, 4) is 11.5 Å². The van der Waals surface area contributed by atoms with Crippen molar-refractivity contribution in [1.29, 1.82) is 0 Å². The van der Waals surface area contributed by atoms with Gasteiger partial charge in [-0.2, -0.15) is 0 Å². The van der Waals surface area contributed by atoms with Crippen LogP contribution in [0, 0.1) is 0 Å². The quantitative estimate of drug-likeness (QED) is 0.860. The number of hydrogen-bond acceptors (Lipinski definition) is 5. The second kappa shape index (κ2) is 7.65. The Kier molecular flexibility index (Phi) is 5.59. The van der Waals surface area contributed by atoms with Crippen LogP contribution in [0.1, 0.15) is 21.7 Å². The van der Waals surface area contributed by atoms with E-state index in [-0.39, 0.29) is 5.56 Å². The van der Waals surface area contributed by atoms with Crippen LogP contribution < -0.4 is 20.3 Å². The molecule has 0 saturated carbocycles. The van der Waals surface area contributed by atoms with Crippen LogP contribution in [0.3, 0.4) is 0 Å². The van der Waals surface area contributed by atoms with Gasteiger partial charge >= 0.3 is 0 Å². The van der Waals surface area contributed by atoms with E-state index < -0.39 is 11.5 Å². The minimum Gasteiger partial charge on any atom is -0.493 e. The van der Waals surface area contributed by atoms with Crippen molar-refractivity contribution >= 4 is 29.7 Å². The van der Waals surface area contributed by atoms with Crippen molar-refractivity contribution in [2.45, 2.75) is 0 Å². The average molecular weight is 350 g/mol. The molecule has 0 saturated heterocycles. The fraction of sp³-hybridized carbons (Fsp3) is 0.188. The van der Waals surface area contributed by atoms with Gasteiger partial charge in [-0.15, -0.1) is 0 Å². The molecule has 1 aromatic carbocycles. The molecule has 7 nitrogen and oxygen atoms in total. The Balaban J connectivity index is 2.33. The van der Waals surface area contributed by atoms with Gasteiger partial charge in [-0.25, -0.2) is 4.98 Å². The predicted octanol–water partition coefficient (Wildman–Crippen LogP) is 1.97. The third-order valence-electron chi connectivity index (χ3n) is 3.23. The van der Waals surface area contributed by atoms with Crippen molar-refractivity contribution < 1.29 is 14.3 Å². The van der Waals surface area contributed by atoms with Crippen molar-refractivity contribution in [3.05, 3.63) is 50.7 Å². The first kappa shape index (κ1) is 17.6. The van der Waals surface area contributed by atoms with Crippen LogP contribution >= 0.6 is 11.6 Å². The van der Waals surface area contributed by atoms with Gasteiger partial charge in [-0.1, -0.05) is 11.6 Å². The smallest absolute Gasteiger partial charge is 0.263 e. The highest BCUT2D eigenvalue weighted by atomic mass is 35.5. The summed E-state index contributed by atoms with van der Waals surface area (Å²) in [5, 5.41) is 2.74. The normalized spacial score (nSPS) is 10.7. The molecule has 0 bridgehead atoms. The Morgan fingerprint density at radius 2 is 2.04 bits per heavy atom. The van der Waals surface area contributed by atoms with E-state index in [1.54, 1.807) is 24.3 Å². The van der Waals surface area contributed by atoms with E-state index in [1.165, 1.54) is 27.5 Å². The van der Waals surface area contributed by atoms with Crippen LogP contribution in [-0.2, 0) is 0 Å². The number of nitrogens with one attached hydrogen (secondary N) is 2. The maximum absolute atomic E-state index is 11.8. The molecule has 1 heterocycles. The summed E-state index contributed by atoms with van der Waals surface area (Å²) < 4.78 is 10.4. The Bertz CT molecular complexity index is 846. The number of carbonyl (C=O) groups excluding carboxylic acids is 1. The van der Waals surface area contributed by atoms with E-state index in [0.717, 1.165) is 0 Å². The number of aromatic amines is 1. The lowest BCUT2D eigenvalue weighted by molar-refractivity contribution is 0.0961. The minimum absolute atomic E-state index is 0.0567. The molecule has 0 aliphatic rings. The zero-order valence-electron chi connectivity index (χ0n) is 13.3. The van der Waals surface area contributed by atoms with Gasteiger partial charge in [0.2, 0.25) is 0 Å². The van der Waals surface area contributed by atoms with Gasteiger partial charge in [0.05, 0.1) is 19.2 Å². The molecular weight excluding hydrogens is 334 g/mol. The molecule has 24 heavy (non-hydrogen) atoms. The molecule has 2 aromatic rings. The first-order valence-electron chi connectivity index (χ1n) is 6.91. The number of aromatic nitrogens is 2. The zero-order chi connectivity index (χ0) is 17.7. The molecule has 1 aromatic heterocycles. The lowest BCUT2D eigenvalue weighted by atomic mass is 10.2. The number of halogens is 1. The van der Waals surface area contributed by atoms with Gasteiger partial charge in [-0.05, 0) is 29.8 Å². The van der Waals surface area contributed by atoms with E-state index in [0.29, 0.717) is 27.9 Å². The number of nitrogens with zero attached hydrogens (tertiary/aromatic N) is 1. The summed E-state index contributed by atoms with van der Waals surface area (Å²) in [6.45, 7) is 0. The highest BCUT2D eigenvalue weighted by Gasteiger charge is 2.12. The Morgan fingerprint density at radius 1 is 1.29 bits per heavy atom. The number of carbonyl (C=O) groups is 1. The second-order valence-electron chi connectivity index (χ2n) is 4.63. The first-order chi connectivity index (χ1) is 11.5. The fourth-order valence-corrected chi connectivity index (χ4v) is 2.29. The molecule has 0 atom stereocenters. The van der Waals surface area contributed by atoms with Crippen molar-refractivity contribution in [1.82, 2.24) is 15.3 Å². The fourth-order valence-electron chi connectivity index (χ4n) is 1.99. The Morgan fingerprint density at radius 3 is 2.62 bits per heavy atom. The van der Waals surface area contributed by atoms with Gasteiger partial charge in [0.1, 0.15) is 11.4 Å². The van der Waals surface area contributed by atoms with E-state index in [2.05, 4.69) is 15.3 Å². The molecular formula is C16H16ClN3O4. The molecule has 126 valence electrons. The standard InChI is InChI=1S/C16H16ClN3O4/c1-18-15(21)10-8-19-12(20-16(10)22)7-5-9-4-6-11(23-2)14(24-3)13(9)17/h4-8H,1-3H3,(H,18,21)(H,19,20,22)/b7-5-. The van der Waals surface area contributed by atoms with Crippen LogP contribution in [-0.4, -0.2) is 37.1 Å². The summed E-state index contributed by atoms with van der Waals surface area (Å²) in [6, 6.07) is 3.46. The lowest BCUT2D eigenvalue weighted by Gasteiger charge is -2.10. The van der Waals surface area contributed by atoms with Crippen molar-refractivity contribution in [2.24, 2.45) is 0 Å². The number of amides is 1. The highest BCUT2D eigenvalue weighted by Crippen LogP contribution is 2.37. The lowest BCUT2D eigenvalue weighted by Crippen LogP contribution is -2.27. The number of hydrogen-bond donors (Lipinski definition) is 2. The SMILES string of the molecule is CNC(=O)c1cnc(/C=C\c2ccc(OC)c(OC)c2Cl)[nH]c1=O. The van der Waals surface area contributed by atoms with Crippen molar-refractivity contribution in [3.63, 3.8) is 0 Å². The summed E-state index contributed by atoms with van der Waals surface area (Å²) in [5.41, 5.74) is 0.0774. The molecule has 2 rings (SSSR count). The molecule has 2 N–H and O–H groups in total. The third kappa shape index (κ3) is 3.57. The second-order valence-corrected chi connectivity index (χ2v) is 5.01. The van der Waals surface area contributed by atoms with Crippen LogP contribution in [0.4, 0.5) is 0 Å².